The van der Waals surface area contributed by atoms with Crippen LogP contribution >= 0.6 is 6.26 Å². The van der Waals surface area contributed by atoms with Gasteiger partial charge < -0.3 is 4.52 Å². The summed E-state index contributed by atoms with van der Waals surface area (Å²) < 4.78 is 6.28. The smallest absolute Gasteiger partial charge is 0.171 e. The summed E-state index contributed by atoms with van der Waals surface area (Å²) in [6.07, 6.45) is -1.65. The number of aldehydes is 1. The molecule has 0 spiro atoms. The Bertz CT molecular complexity index is 804. The van der Waals surface area contributed by atoms with Crippen LogP contribution in [0.2, 0.25) is 0 Å². The van der Waals surface area contributed by atoms with Crippen LogP contribution in [0.1, 0.15) is 10.4 Å². The molecule has 0 amide bonds. The maximum Gasteiger partial charge on any atom is 0.171 e. The SMILES string of the molecule is O=Cc1cccc(OP(=S)(c2ccccc2)c2ccccc2)c1. The van der Waals surface area contributed by atoms with Gasteiger partial charge in [0.2, 0.25) is 0 Å². The highest BCUT2D eigenvalue weighted by atomic mass is 32.4. The first kappa shape index (κ1) is 15.7. The van der Waals surface area contributed by atoms with Gasteiger partial charge in [0.15, 0.2) is 6.26 Å². The van der Waals surface area contributed by atoms with Gasteiger partial charge in [-0.3, -0.25) is 4.79 Å². The maximum absolute atomic E-state index is 11.0. The molecule has 0 aliphatic carbocycles. The molecule has 114 valence electrons. The molecule has 0 saturated heterocycles. The van der Waals surface area contributed by atoms with Crippen molar-refractivity contribution < 1.29 is 9.32 Å². The number of carbonyl (C=O) groups is 1. The van der Waals surface area contributed by atoms with E-state index in [1.807, 2.05) is 66.7 Å². The van der Waals surface area contributed by atoms with E-state index in [-0.39, 0.29) is 0 Å². The van der Waals surface area contributed by atoms with Gasteiger partial charge in [-0.25, -0.2) is 0 Å². The fourth-order valence-electron chi connectivity index (χ4n) is 2.30. The molecule has 0 N–H and O–H groups in total. The van der Waals surface area contributed by atoms with Crippen LogP contribution in [0.3, 0.4) is 0 Å². The summed E-state index contributed by atoms with van der Waals surface area (Å²) in [5.41, 5.74) is 0.574. The number of hydrogen-bond acceptors (Lipinski definition) is 3. The van der Waals surface area contributed by atoms with E-state index in [4.69, 9.17) is 16.3 Å². The van der Waals surface area contributed by atoms with E-state index < -0.39 is 6.26 Å². The van der Waals surface area contributed by atoms with Gasteiger partial charge in [-0.2, -0.15) is 0 Å². The summed E-state index contributed by atoms with van der Waals surface area (Å²) in [6.45, 7) is 0. The van der Waals surface area contributed by atoms with Crippen molar-refractivity contribution in [2.75, 3.05) is 0 Å². The summed E-state index contributed by atoms with van der Waals surface area (Å²) in [5, 5.41) is 1.97. The highest BCUT2D eigenvalue weighted by Crippen LogP contribution is 2.45. The van der Waals surface area contributed by atoms with Crippen molar-refractivity contribution in [2.24, 2.45) is 0 Å². The molecule has 0 heterocycles. The van der Waals surface area contributed by atoms with Crippen molar-refractivity contribution in [3.63, 3.8) is 0 Å². The van der Waals surface area contributed by atoms with Gasteiger partial charge in [-0.15, -0.1) is 0 Å². The minimum atomic E-state index is -2.46. The molecule has 0 aromatic heterocycles. The van der Waals surface area contributed by atoms with Crippen LogP contribution in [0.15, 0.2) is 84.9 Å². The lowest BCUT2D eigenvalue weighted by molar-refractivity contribution is 0.112. The van der Waals surface area contributed by atoms with Crippen molar-refractivity contribution >= 4 is 35.0 Å². The number of carbonyl (C=O) groups excluding carboxylic acids is 1. The first-order valence-electron chi connectivity index (χ1n) is 7.18. The average Bonchev–Trinajstić information content (AvgIpc) is 2.63. The van der Waals surface area contributed by atoms with Crippen LogP contribution in [-0.2, 0) is 11.8 Å². The molecule has 0 bridgehead atoms. The van der Waals surface area contributed by atoms with Crippen molar-refractivity contribution in [1.29, 1.82) is 0 Å². The number of hydrogen-bond donors (Lipinski definition) is 0. The third-order valence-electron chi connectivity index (χ3n) is 3.42. The first-order valence-corrected chi connectivity index (χ1v) is 9.90. The van der Waals surface area contributed by atoms with Gasteiger partial charge in [0.05, 0.1) is 0 Å². The van der Waals surface area contributed by atoms with E-state index in [0.717, 1.165) is 16.9 Å². The molecule has 0 unspecified atom stereocenters. The zero-order valence-electron chi connectivity index (χ0n) is 12.3. The molecule has 0 aliphatic rings. The average molecular weight is 338 g/mol. The molecule has 0 saturated carbocycles. The van der Waals surface area contributed by atoms with E-state index in [1.54, 1.807) is 18.2 Å². The third-order valence-corrected chi connectivity index (χ3v) is 7.33. The summed E-state index contributed by atoms with van der Waals surface area (Å²) in [7, 11) is 0. The minimum Gasteiger partial charge on any atom is -0.458 e. The lowest BCUT2D eigenvalue weighted by atomic mass is 10.2. The Kier molecular flexibility index (Phi) is 4.71. The summed E-state index contributed by atoms with van der Waals surface area (Å²) >= 11 is 6.00. The lowest BCUT2D eigenvalue weighted by Gasteiger charge is -2.24. The van der Waals surface area contributed by atoms with Gasteiger partial charge in [-0.1, -0.05) is 72.8 Å². The fraction of sp³-hybridized carbons (Fsp3) is 0. The van der Waals surface area contributed by atoms with Crippen LogP contribution in [0.25, 0.3) is 0 Å². The molecule has 3 rings (SSSR count). The third kappa shape index (κ3) is 3.42. The first-order chi connectivity index (χ1) is 11.2. The van der Waals surface area contributed by atoms with E-state index in [1.165, 1.54) is 0 Å². The minimum absolute atomic E-state index is 0.574. The van der Waals surface area contributed by atoms with Crippen LogP contribution in [0, 0.1) is 0 Å². The Morgan fingerprint density at radius 1 is 0.783 bits per heavy atom. The second-order valence-corrected chi connectivity index (χ2v) is 8.87. The standard InChI is InChI=1S/C19H15O2PS/c20-15-16-8-7-9-17(14-16)21-22(23,18-10-3-1-4-11-18)19-12-5-2-6-13-19/h1-15H. The predicted molar refractivity (Wildman–Crippen MR) is 98.9 cm³/mol. The fourth-order valence-corrected chi connectivity index (χ4v) is 5.33. The van der Waals surface area contributed by atoms with Crippen LogP contribution in [-0.4, -0.2) is 6.29 Å². The monoisotopic (exact) mass is 338 g/mol. The highest BCUT2D eigenvalue weighted by molar-refractivity contribution is 8.19. The molecular weight excluding hydrogens is 323 g/mol. The van der Waals surface area contributed by atoms with Gasteiger partial charge in [-0.05, 0) is 23.9 Å². The molecule has 0 atom stereocenters. The molecule has 0 radical (unpaired) electrons. The van der Waals surface area contributed by atoms with Crippen molar-refractivity contribution in [3.8, 4) is 5.75 Å². The highest BCUT2D eigenvalue weighted by Gasteiger charge is 2.24. The zero-order valence-corrected chi connectivity index (χ0v) is 14.0. The van der Waals surface area contributed by atoms with Crippen molar-refractivity contribution in [2.45, 2.75) is 0 Å². The second kappa shape index (κ2) is 6.91. The largest absolute Gasteiger partial charge is 0.458 e. The van der Waals surface area contributed by atoms with Crippen LogP contribution < -0.4 is 15.1 Å². The topological polar surface area (TPSA) is 26.3 Å². The van der Waals surface area contributed by atoms with Gasteiger partial charge in [0.25, 0.3) is 0 Å². The van der Waals surface area contributed by atoms with E-state index in [9.17, 15) is 4.79 Å². The Hall–Kier alpha value is -2.22. The Balaban J connectivity index is 2.09. The van der Waals surface area contributed by atoms with Crippen LogP contribution in [0.4, 0.5) is 0 Å². The quantitative estimate of drug-likeness (QED) is 0.521. The molecule has 2 nitrogen and oxygen atoms in total. The van der Waals surface area contributed by atoms with Gasteiger partial charge >= 0.3 is 0 Å². The number of benzene rings is 3. The van der Waals surface area contributed by atoms with Crippen LogP contribution in [0.5, 0.6) is 5.75 Å². The Morgan fingerprint density at radius 3 is 1.87 bits per heavy atom. The molecule has 4 heteroatoms. The van der Waals surface area contributed by atoms with E-state index in [0.29, 0.717) is 11.3 Å². The summed E-state index contributed by atoms with van der Waals surface area (Å²) in [5.74, 6) is 0.616. The van der Waals surface area contributed by atoms with Crippen molar-refractivity contribution in [1.82, 2.24) is 0 Å². The zero-order chi connectivity index (χ0) is 16.1. The molecule has 0 aliphatic heterocycles. The molecule has 3 aromatic carbocycles. The normalized spacial score (nSPS) is 11.0. The molecule has 0 fully saturated rings. The summed E-state index contributed by atoms with van der Waals surface area (Å²) in [4.78, 5) is 11.0. The maximum atomic E-state index is 11.0. The lowest BCUT2D eigenvalue weighted by Crippen LogP contribution is -2.19. The molecule has 3 aromatic rings. The van der Waals surface area contributed by atoms with Crippen molar-refractivity contribution in [3.05, 3.63) is 90.5 Å². The Morgan fingerprint density at radius 2 is 1.35 bits per heavy atom. The van der Waals surface area contributed by atoms with E-state index in [2.05, 4.69) is 0 Å². The Labute approximate surface area is 140 Å². The van der Waals surface area contributed by atoms with Gasteiger partial charge in [0, 0.05) is 16.2 Å². The second-order valence-electron chi connectivity index (χ2n) is 5.00. The predicted octanol–water partition coefficient (Wildman–Crippen LogP) is 3.92. The molecular formula is C19H15O2PS. The number of rotatable bonds is 5. The van der Waals surface area contributed by atoms with E-state index >= 15 is 0 Å². The summed E-state index contributed by atoms with van der Waals surface area (Å²) in [6, 6.07) is 26.9. The van der Waals surface area contributed by atoms with Gasteiger partial charge in [0.1, 0.15) is 12.0 Å². The molecule has 23 heavy (non-hydrogen) atoms.